The summed E-state index contributed by atoms with van der Waals surface area (Å²) in [4.78, 5) is 14.5. The highest BCUT2D eigenvalue weighted by atomic mass is 16.4. The van der Waals surface area contributed by atoms with Gasteiger partial charge in [-0.05, 0) is 23.5 Å². The Morgan fingerprint density at radius 3 is 2.53 bits per heavy atom. The number of nitrogens with zero attached hydrogens (tertiary/aromatic N) is 1. The van der Waals surface area contributed by atoms with Crippen molar-refractivity contribution < 1.29 is 9.90 Å². The summed E-state index contributed by atoms with van der Waals surface area (Å²) in [6.45, 7) is 4.89. The molecule has 1 N–H and O–H groups in total. The third kappa shape index (κ3) is 5.29. The molecule has 92 valence electrons. The second-order valence-corrected chi connectivity index (χ2v) is 4.35. The van der Waals surface area contributed by atoms with Crippen LogP contribution in [0.25, 0.3) is 0 Å². The Hall–Kier alpha value is -1.64. The van der Waals surface area contributed by atoms with Crippen molar-refractivity contribution in [3.05, 3.63) is 35.4 Å². The summed E-state index contributed by atoms with van der Waals surface area (Å²) in [6.07, 6.45) is 2.57. The van der Waals surface area contributed by atoms with Crippen molar-refractivity contribution in [2.24, 2.45) is 4.99 Å². The maximum absolute atomic E-state index is 10.3. The quantitative estimate of drug-likeness (QED) is 0.606. The molecule has 0 aliphatic heterocycles. The molecule has 0 amide bonds. The third-order valence-electron chi connectivity index (χ3n) is 2.52. The van der Waals surface area contributed by atoms with Gasteiger partial charge in [0.25, 0.3) is 0 Å². The smallest absolute Gasteiger partial charge is 0.303 e. The Labute approximate surface area is 102 Å². The molecule has 1 aromatic carbocycles. The van der Waals surface area contributed by atoms with Crippen LogP contribution < -0.4 is 0 Å². The molecule has 1 aromatic rings. The zero-order chi connectivity index (χ0) is 12.7. The summed E-state index contributed by atoms with van der Waals surface area (Å²) < 4.78 is 0. The minimum atomic E-state index is -0.763. The highest BCUT2D eigenvalue weighted by Crippen LogP contribution is 2.13. The summed E-state index contributed by atoms with van der Waals surface area (Å²) in [6, 6.07) is 8.28. The molecule has 0 atom stereocenters. The van der Waals surface area contributed by atoms with Gasteiger partial charge in [-0.15, -0.1) is 0 Å². The van der Waals surface area contributed by atoms with Gasteiger partial charge >= 0.3 is 5.97 Å². The fourth-order valence-electron chi connectivity index (χ4n) is 1.46. The molecule has 0 heterocycles. The van der Waals surface area contributed by atoms with Crippen LogP contribution in [0.1, 0.15) is 43.7 Å². The van der Waals surface area contributed by atoms with Gasteiger partial charge in [0.2, 0.25) is 0 Å². The predicted octanol–water partition coefficient (Wildman–Crippen LogP) is 3.09. The van der Waals surface area contributed by atoms with Crippen molar-refractivity contribution in [2.75, 3.05) is 6.54 Å². The number of aliphatic carboxylic acids is 1. The first-order valence-corrected chi connectivity index (χ1v) is 5.91. The number of hydrogen-bond donors (Lipinski definition) is 1. The Balaban J connectivity index is 2.41. The van der Waals surface area contributed by atoms with E-state index < -0.39 is 5.97 Å². The van der Waals surface area contributed by atoms with Crippen LogP contribution in [0.5, 0.6) is 0 Å². The molecule has 0 bridgehead atoms. The minimum absolute atomic E-state index is 0.184. The van der Waals surface area contributed by atoms with Gasteiger partial charge in [-0.1, -0.05) is 38.1 Å². The highest BCUT2D eigenvalue weighted by molar-refractivity contribution is 5.79. The van der Waals surface area contributed by atoms with E-state index in [9.17, 15) is 4.79 Å². The lowest BCUT2D eigenvalue weighted by Crippen LogP contribution is -1.95. The topological polar surface area (TPSA) is 49.7 Å². The van der Waals surface area contributed by atoms with Gasteiger partial charge in [0, 0.05) is 19.2 Å². The van der Waals surface area contributed by atoms with Gasteiger partial charge in [-0.3, -0.25) is 9.79 Å². The monoisotopic (exact) mass is 233 g/mol. The van der Waals surface area contributed by atoms with Gasteiger partial charge < -0.3 is 5.11 Å². The van der Waals surface area contributed by atoms with Gasteiger partial charge in [-0.2, -0.15) is 0 Å². The van der Waals surface area contributed by atoms with Crippen molar-refractivity contribution >= 4 is 12.2 Å². The molecule has 3 nitrogen and oxygen atoms in total. The van der Waals surface area contributed by atoms with Crippen LogP contribution in [0.15, 0.2) is 29.3 Å². The Morgan fingerprint density at radius 1 is 1.35 bits per heavy atom. The maximum atomic E-state index is 10.3. The molecule has 1 rings (SSSR count). The maximum Gasteiger partial charge on any atom is 0.303 e. The molecule has 0 saturated heterocycles. The summed E-state index contributed by atoms with van der Waals surface area (Å²) in [5, 5.41) is 8.46. The molecule has 0 spiro atoms. The summed E-state index contributed by atoms with van der Waals surface area (Å²) in [5.41, 5.74) is 2.37. The lowest BCUT2D eigenvalue weighted by atomic mass is 10.0. The average molecular weight is 233 g/mol. The number of carboxylic acids is 1. The molecule has 17 heavy (non-hydrogen) atoms. The Bertz CT molecular complexity index is 380. The molecule has 0 aliphatic carbocycles. The minimum Gasteiger partial charge on any atom is -0.481 e. The Morgan fingerprint density at radius 2 is 2.00 bits per heavy atom. The van der Waals surface area contributed by atoms with Crippen molar-refractivity contribution in [2.45, 2.75) is 32.6 Å². The van der Waals surface area contributed by atoms with Crippen LogP contribution in [0, 0.1) is 0 Å². The molecule has 0 aromatic heterocycles. The highest BCUT2D eigenvalue weighted by Gasteiger charge is 1.97. The fourth-order valence-corrected chi connectivity index (χ4v) is 1.46. The van der Waals surface area contributed by atoms with E-state index in [0.29, 0.717) is 18.9 Å². The number of hydrogen-bond acceptors (Lipinski definition) is 2. The number of carbonyl (C=O) groups is 1. The zero-order valence-electron chi connectivity index (χ0n) is 10.4. The normalized spacial score (nSPS) is 11.2. The summed E-state index contributed by atoms with van der Waals surface area (Å²) >= 11 is 0. The number of carboxylic acid groups (broad SMARTS) is 1. The molecule has 0 saturated carbocycles. The molecule has 0 aliphatic rings. The number of benzene rings is 1. The van der Waals surface area contributed by atoms with Crippen molar-refractivity contribution in [3.8, 4) is 0 Å². The van der Waals surface area contributed by atoms with Crippen LogP contribution >= 0.6 is 0 Å². The van der Waals surface area contributed by atoms with Gasteiger partial charge in [0.1, 0.15) is 0 Å². The lowest BCUT2D eigenvalue weighted by molar-refractivity contribution is -0.137. The van der Waals surface area contributed by atoms with Crippen molar-refractivity contribution in [3.63, 3.8) is 0 Å². The van der Waals surface area contributed by atoms with Crippen LogP contribution in [0.4, 0.5) is 0 Å². The van der Waals surface area contributed by atoms with E-state index in [1.54, 1.807) is 6.21 Å². The molecule has 0 radical (unpaired) electrons. The largest absolute Gasteiger partial charge is 0.481 e. The SMILES string of the molecule is CC(C)c1ccc(C=NCCCC(=O)O)cc1. The molecular weight excluding hydrogens is 214 g/mol. The summed E-state index contributed by atoms with van der Waals surface area (Å²) in [5.74, 6) is -0.224. The van der Waals surface area contributed by atoms with Gasteiger partial charge in [0.05, 0.1) is 0 Å². The lowest BCUT2D eigenvalue weighted by Gasteiger charge is -2.04. The van der Waals surface area contributed by atoms with E-state index in [0.717, 1.165) is 5.56 Å². The average Bonchev–Trinajstić information content (AvgIpc) is 2.29. The predicted molar refractivity (Wildman–Crippen MR) is 69.9 cm³/mol. The van der Waals surface area contributed by atoms with Gasteiger partial charge in [-0.25, -0.2) is 0 Å². The van der Waals surface area contributed by atoms with E-state index in [2.05, 4.69) is 31.0 Å². The number of rotatable bonds is 6. The first-order chi connectivity index (χ1) is 8.09. The summed E-state index contributed by atoms with van der Waals surface area (Å²) in [7, 11) is 0. The van der Waals surface area contributed by atoms with Crippen LogP contribution in [-0.2, 0) is 4.79 Å². The van der Waals surface area contributed by atoms with Crippen molar-refractivity contribution in [1.82, 2.24) is 0 Å². The van der Waals surface area contributed by atoms with E-state index in [1.807, 2.05) is 12.1 Å². The fraction of sp³-hybridized carbons (Fsp3) is 0.429. The molecule has 0 fully saturated rings. The van der Waals surface area contributed by atoms with E-state index in [1.165, 1.54) is 5.56 Å². The van der Waals surface area contributed by atoms with E-state index in [-0.39, 0.29) is 6.42 Å². The molecule has 0 unspecified atom stereocenters. The first kappa shape index (κ1) is 13.4. The number of aliphatic imine (C=N–C) groups is 1. The molecular formula is C14H19NO2. The standard InChI is InChI=1S/C14H19NO2/c1-11(2)13-7-5-12(6-8-13)10-15-9-3-4-14(16)17/h5-8,10-11H,3-4,9H2,1-2H3,(H,16,17). The third-order valence-corrected chi connectivity index (χ3v) is 2.52. The second kappa shape index (κ2) is 6.84. The van der Waals surface area contributed by atoms with Gasteiger partial charge in [0.15, 0.2) is 0 Å². The van der Waals surface area contributed by atoms with Crippen LogP contribution in [-0.4, -0.2) is 23.8 Å². The van der Waals surface area contributed by atoms with Crippen LogP contribution in [0.2, 0.25) is 0 Å². The molecule has 3 heteroatoms. The van der Waals surface area contributed by atoms with Crippen molar-refractivity contribution in [1.29, 1.82) is 0 Å². The van der Waals surface area contributed by atoms with E-state index >= 15 is 0 Å². The Kier molecular flexibility index (Phi) is 5.40. The van der Waals surface area contributed by atoms with Crippen LogP contribution in [0.3, 0.4) is 0 Å². The van der Waals surface area contributed by atoms with E-state index in [4.69, 9.17) is 5.11 Å². The zero-order valence-corrected chi connectivity index (χ0v) is 10.4. The first-order valence-electron chi connectivity index (χ1n) is 5.91. The second-order valence-electron chi connectivity index (χ2n) is 4.35.